The first-order valence-corrected chi connectivity index (χ1v) is 10.9. The first-order valence-electron chi connectivity index (χ1n) is 10.9. The third-order valence-corrected chi connectivity index (χ3v) is 4.66. The molecule has 0 atom stereocenters. The number of hydrogen-bond acceptors (Lipinski definition) is 3. The first kappa shape index (κ1) is 28.6. The van der Waals surface area contributed by atoms with Gasteiger partial charge in [0, 0.05) is 39.3 Å². The molecule has 0 aliphatic heterocycles. The second-order valence-corrected chi connectivity index (χ2v) is 7.91. The maximum absolute atomic E-state index is 12.1. The number of nitrogens with zero attached hydrogens (tertiary/aromatic N) is 3. The lowest BCUT2D eigenvalue weighted by Crippen LogP contribution is -2.38. The molecular weight excluding hydrogens is 489 g/mol. The highest BCUT2D eigenvalue weighted by Crippen LogP contribution is 2.08. The standard InChI is InChI=1S/C23H41N5O.HI/c1-6-24-23(25-16-10-8-7-9-11-18-27(2)3)26-17-15-20-13-12-14-21(19-20)22(29)28(4)5;/h12-14,19H,6-11,15-18H2,1-5H3,(H2,24,25,26);1H. The Morgan fingerprint density at radius 1 is 1.00 bits per heavy atom. The van der Waals surface area contributed by atoms with Gasteiger partial charge >= 0.3 is 0 Å². The normalized spacial score (nSPS) is 11.2. The predicted octanol–water partition coefficient (Wildman–Crippen LogP) is 3.62. The number of amides is 1. The number of halogens is 1. The fraction of sp³-hybridized carbons (Fsp3) is 0.652. The highest BCUT2D eigenvalue weighted by atomic mass is 127. The van der Waals surface area contributed by atoms with Gasteiger partial charge in [0.2, 0.25) is 0 Å². The predicted molar refractivity (Wildman–Crippen MR) is 139 cm³/mol. The van der Waals surface area contributed by atoms with Crippen molar-refractivity contribution < 1.29 is 4.79 Å². The Balaban J connectivity index is 0.00000841. The molecule has 0 saturated heterocycles. The lowest BCUT2D eigenvalue weighted by atomic mass is 10.1. The van der Waals surface area contributed by atoms with Gasteiger partial charge in [-0.15, -0.1) is 24.0 Å². The molecule has 0 spiro atoms. The van der Waals surface area contributed by atoms with Crippen molar-refractivity contribution in [1.29, 1.82) is 0 Å². The summed E-state index contributed by atoms with van der Waals surface area (Å²) in [5, 5.41) is 6.71. The minimum atomic E-state index is 0. The van der Waals surface area contributed by atoms with Crippen LogP contribution < -0.4 is 10.6 Å². The van der Waals surface area contributed by atoms with Gasteiger partial charge in [-0.3, -0.25) is 9.79 Å². The van der Waals surface area contributed by atoms with Crippen LogP contribution in [-0.2, 0) is 6.42 Å². The van der Waals surface area contributed by atoms with E-state index in [4.69, 9.17) is 0 Å². The van der Waals surface area contributed by atoms with E-state index in [1.54, 1.807) is 19.0 Å². The van der Waals surface area contributed by atoms with Crippen molar-refractivity contribution in [3.05, 3.63) is 35.4 Å². The van der Waals surface area contributed by atoms with Gasteiger partial charge in [0.1, 0.15) is 0 Å². The average molecular weight is 532 g/mol. The summed E-state index contributed by atoms with van der Waals surface area (Å²) in [4.78, 5) is 20.6. The van der Waals surface area contributed by atoms with Crippen LogP contribution in [0.5, 0.6) is 0 Å². The van der Waals surface area contributed by atoms with Crippen molar-refractivity contribution in [2.24, 2.45) is 4.99 Å². The van der Waals surface area contributed by atoms with E-state index in [9.17, 15) is 4.79 Å². The molecule has 7 heteroatoms. The molecule has 0 saturated carbocycles. The summed E-state index contributed by atoms with van der Waals surface area (Å²) < 4.78 is 0. The topological polar surface area (TPSA) is 60.0 Å². The highest BCUT2D eigenvalue weighted by Gasteiger charge is 2.08. The number of guanidine groups is 1. The van der Waals surface area contributed by atoms with Crippen LogP contribution in [-0.4, -0.2) is 76.0 Å². The Bertz CT molecular complexity index is 619. The molecular formula is C23H42IN5O. The second-order valence-electron chi connectivity index (χ2n) is 7.91. The molecule has 30 heavy (non-hydrogen) atoms. The van der Waals surface area contributed by atoms with Crippen LogP contribution in [0.4, 0.5) is 0 Å². The number of unbranched alkanes of at least 4 members (excludes halogenated alkanes) is 4. The molecule has 6 nitrogen and oxygen atoms in total. The molecule has 0 aliphatic carbocycles. The van der Waals surface area contributed by atoms with Crippen LogP contribution in [0.25, 0.3) is 0 Å². The van der Waals surface area contributed by atoms with Gasteiger partial charge in [0.05, 0.1) is 0 Å². The van der Waals surface area contributed by atoms with Gasteiger partial charge < -0.3 is 20.4 Å². The molecule has 0 aromatic heterocycles. The van der Waals surface area contributed by atoms with E-state index >= 15 is 0 Å². The van der Waals surface area contributed by atoms with Gasteiger partial charge in [0.15, 0.2) is 5.96 Å². The quantitative estimate of drug-likeness (QED) is 0.177. The third-order valence-electron chi connectivity index (χ3n) is 4.66. The lowest BCUT2D eigenvalue weighted by Gasteiger charge is -2.13. The average Bonchev–Trinajstić information content (AvgIpc) is 2.69. The highest BCUT2D eigenvalue weighted by molar-refractivity contribution is 14.0. The Labute approximate surface area is 200 Å². The zero-order chi connectivity index (χ0) is 21.5. The Kier molecular flexibility index (Phi) is 16.6. The van der Waals surface area contributed by atoms with Crippen LogP contribution in [0.15, 0.2) is 29.3 Å². The Morgan fingerprint density at radius 3 is 2.37 bits per heavy atom. The minimum absolute atomic E-state index is 0. The van der Waals surface area contributed by atoms with Crippen LogP contribution >= 0.6 is 24.0 Å². The fourth-order valence-corrected chi connectivity index (χ4v) is 3.05. The third kappa shape index (κ3) is 13.1. The molecule has 172 valence electrons. The fourth-order valence-electron chi connectivity index (χ4n) is 3.05. The zero-order valence-corrected chi connectivity index (χ0v) is 21.9. The molecule has 0 radical (unpaired) electrons. The van der Waals surface area contributed by atoms with E-state index in [2.05, 4.69) is 47.6 Å². The van der Waals surface area contributed by atoms with Gasteiger partial charge in [-0.05, 0) is 64.5 Å². The number of hydrogen-bond donors (Lipinski definition) is 2. The van der Waals surface area contributed by atoms with Crippen molar-refractivity contribution in [3.63, 3.8) is 0 Å². The molecule has 0 heterocycles. The molecule has 0 aliphatic rings. The van der Waals surface area contributed by atoms with Crippen LogP contribution in [0.3, 0.4) is 0 Å². The number of rotatable bonds is 13. The van der Waals surface area contributed by atoms with Crippen LogP contribution in [0, 0.1) is 0 Å². The van der Waals surface area contributed by atoms with Crippen molar-refractivity contribution >= 4 is 35.8 Å². The van der Waals surface area contributed by atoms with Crippen molar-refractivity contribution in [1.82, 2.24) is 20.4 Å². The molecule has 1 amide bonds. The number of carbonyl (C=O) groups is 1. The summed E-state index contributed by atoms with van der Waals surface area (Å²) >= 11 is 0. The van der Waals surface area contributed by atoms with Crippen LogP contribution in [0.1, 0.15) is 54.9 Å². The summed E-state index contributed by atoms with van der Waals surface area (Å²) in [6.45, 7) is 5.76. The van der Waals surface area contributed by atoms with Crippen molar-refractivity contribution in [2.75, 3.05) is 54.4 Å². The molecule has 2 N–H and O–H groups in total. The van der Waals surface area contributed by atoms with Gasteiger partial charge in [-0.2, -0.15) is 0 Å². The van der Waals surface area contributed by atoms with Crippen LogP contribution in [0.2, 0.25) is 0 Å². The summed E-state index contributed by atoms with van der Waals surface area (Å²) in [5.74, 6) is 0.914. The molecule has 1 aromatic carbocycles. The van der Waals surface area contributed by atoms with E-state index in [0.29, 0.717) is 0 Å². The van der Waals surface area contributed by atoms with E-state index in [0.717, 1.165) is 49.6 Å². The Hall–Kier alpha value is -1.35. The summed E-state index contributed by atoms with van der Waals surface area (Å²) in [6, 6.07) is 7.86. The number of benzene rings is 1. The molecule has 1 rings (SSSR count). The van der Waals surface area contributed by atoms with Gasteiger partial charge in [0.25, 0.3) is 5.91 Å². The SMILES string of the molecule is CCNC(=NCCCCCCCN(C)C)NCCc1cccc(C(=O)N(C)C)c1.I. The lowest BCUT2D eigenvalue weighted by molar-refractivity contribution is 0.0827. The smallest absolute Gasteiger partial charge is 0.253 e. The van der Waals surface area contributed by atoms with E-state index < -0.39 is 0 Å². The number of nitrogens with one attached hydrogen (secondary N) is 2. The second kappa shape index (κ2) is 17.3. The maximum Gasteiger partial charge on any atom is 0.253 e. The molecule has 0 fully saturated rings. The Morgan fingerprint density at radius 2 is 1.70 bits per heavy atom. The number of aliphatic imine (C=N–C) groups is 1. The van der Waals surface area contributed by atoms with Crippen molar-refractivity contribution in [2.45, 2.75) is 45.4 Å². The maximum atomic E-state index is 12.1. The monoisotopic (exact) mass is 531 g/mol. The largest absolute Gasteiger partial charge is 0.357 e. The molecule has 0 unspecified atom stereocenters. The molecule has 1 aromatic rings. The number of carbonyl (C=O) groups excluding carboxylic acids is 1. The van der Waals surface area contributed by atoms with E-state index in [1.807, 2.05) is 18.2 Å². The molecule has 0 bridgehead atoms. The summed E-state index contributed by atoms with van der Waals surface area (Å²) in [7, 11) is 7.81. The summed E-state index contributed by atoms with van der Waals surface area (Å²) in [5.41, 5.74) is 1.89. The van der Waals surface area contributed by atoms with Gasteiger partial charge in [-0.25, -0.2) is 0 Å². The van der Waals surface area contributed by atoms with E-state index in [1.165, 1.54) is 32.2 Å². The van der Waals surface area contributed by atoms with E-state index in [-0.39, 0.29) is 29.9 Å². The van der Waals surface area contributed by atoms with Gasteiger partial charge in [-0.1, -0.05) is 31.4 Å². The minimum Gasteiger partial charge on any atom is -0.357 e. The van der Waals surface area contributed by atoms with Crippen molar-refractivity contribution in [3.8, 4) is 0 Å². The summed E-state index contributed by atoms with van der Waals surface area (Å²) in [6.07, 6.45) is 7.09. The first-order chi connectivity index (χ1) is 13.9. The zero-order valence-electron chi connectivity index (χ0n) is 19.5.